The van der Waals surface area contributed by atoms with Crippen molar-refractivity contribution in [3.05, 3.63) is 33.3 Å². The van der Waals surface area contributed by atoms with Gasteiger partial charge in [-0.15, -0.1) is 0 Å². The largest absolute Gasteiger partial charge is 0.406 e. The monoisotopic (exact) mass is 421 g/mol. The van der Waals surface area contributed by atoms with E-state index in [-0.39, 0.29) is 22.5 Å². The van der Waals surface area contributed by atoms with Crippen molar-refractivity contribution in [1.82, 2.24) is 4.90 Å². The van der Waals surface area contributed by atoms with Crippen molar-refractivity contribution in [3.8, 4) is 0 Å². The van der Waals surface area contributed by atoms with E-state index in [1.807, 2.05) is 0 Å². The molecule has 1 rings (SSSR count). The lowest BCUT2D eigenvalue weighted by molar-refractivity contribution is -0.140. The Morgan fingerprint density at radius 1 is 1.37 bits per heavy atom. The van der Waals surface area contributed by atoms with E-state index in [1.165, 1.54) is 6.07 Å². The number of carbonyl (C=O) groups is 1. The van der Waals surface area contributed by atoms with Gasteiger partial charge in [0.05, 0.1) is 10.6 Å². The van der Waals surface area contributed by atoms with E-state index in [0.717, 1.165) is 0 Å². The molecule has 2 nitrogen and oxygen atoms in total. The molecule has 0 saturated heterocycles. The van der Waals surface area contributed by atoms with Gasteiger partial charge in [0.15, 0.2) is 0 Å². The zero-order valence-corrected chi connectivity index (χ0v) is 13.4. The molecule has 8 heteroatoms. The average Bonchev–Trinajstić information content (AvgIpc) is 2.30. The van der Waals surface area contributed by atoms with E-state index in [2.05, 4.69) is 31.9 Å². The van der Waals surface area contributed by atoms with Gasteiger partial charge in [-0.25, -0.2) is 0 Å². The van der Waals surface area contributed by atoms with E-state index in [0.29, 0.717) is 9.37 Å². The maximum atomic E-state index is 12.4. The first-order valence-corrected chi connectivity index (χ1v) is 7.41. The highest BCUT2D eigenvalue weighted by Crippen LogP contribution is 2.28. The van der Waals surface area contributed by atoms with Gasteiger partial charge >= 0.3 is 6.18 Å². The molecule has 0 unspecified atom stereocenters. The summed E-state index contributed by atoms with van der Waals surface area (Å²) < 4.78 is 37.8. The first-order valence-electron chi connectivity index (χ1n) is 5.12. The minimum atomic E-state index is -4.45. The number of rotatable bonds is 4. The molecule has 0 radical (unpaired) electrons. The third-order valence-electron chi connectivity index (χ3n) is 2.19. The summed E-state index contributed by atoms with van der Waals surface area (Å²) in [6.07, 6.45) is -4.45. The lowest BCUT2D eigenvalue weighted by Gasteiger charge is -2.23. The second-order valence-corrected chi connectivity index (χ2v) is 5.66. The van der Waals surface area contributed by atoms with Gasteiger partial charge in [-0.1, -0.05) is 33.6 Å². The van der Waals surface area contributed by atoms with E-state index in [4.69, 9.17) is 11.6 Å². The van der Waals surface area contributed by atoms with Crippen LogP contribution in [0, 0.1) is 0 Å². The molecule has 0 aliphatic carbocycles. The lowest BCUT2D eigenvalue weighted by Crippen LogP contribution is -2.40. The summed E-state index contributed by atoms with van der Waals surface area (Å²) in [7, 11) is 0. The summed E-state index contributed by atoms with van der Waals surface area (Å²) in [4.78, 5) is 12.8. The standard InChI is InChI=1S/C11H9Br2ClF3NO/c12-4-5-18(6-11(15,16)17)10(19)7-2-1-3-8(13)9(7)14/h1-3H,4-6H2. The Kier molecular flexibility index (Phi) is 6.14. The van der Waals surface area contributed by atoms with Crippen LogP contribution in [0.4, 0.5) is 13.2 Å². The van der Waals surface area contributed by atoms with Crippen LogP contribution in [-0.2, 0) is 0 Å². The first-order chi connectivity index (χ1) is 8.76. The number of carbonyl (C=O) groups excluding carboxylic acids is 1. The van der Waals surface area contributed by atoms with Crippen LogP contribution in [0.1, 0.15) is 10.4 Å². The van der Waals surface area contributed by atoms with Crippen LogP contribution >= 0.6 is 43.5 Å². The maximum absolute atomic E-state index is 12.4. The Hall–Kier alpha value is -0.270. The summed E-state index contributed by atoms with van der Waals surface area (Å²) >= 11 is 12.1. The number of alkyl halides is 4. The van der Waals surface area contributed by atoms with Crippen LogP contribution in [0.25, 0.3) is 0 Å². The number of nitrogens with zero attached hydrogens (tertiary/aromatic N) is 1. The van der Waals surface area contributed by atoms with Gasteiger partial charge in [-0.3, -0.25) is 4.79 Å². The average molecular weight is 423 g/mol. The molecule has 106 valence electrons. The van der Waals surface area contributed by atoms with Crippen LogP contribution in [0.3, 0.4) is 0 Å². The van der Waals surface area contributed by atoms with Gasteiger partial charge < -0.3 is 4.90 Å². The van der Waals surface area contributed by atoms with Crippen LogP contribution in [0.15, 0.2) is 22.7 Å². The first kappa shape index (κ1) is 16.8. The lowest BCUT2D eigenvalue weighted by atomic mass is 10.2. The zero-order valence-electron chi connectivity index (χ0n) is 9.48. The minimum Gasteiger partial charge on any atom is -0.329 e. The van der Waals surface area contributed by atoms with E-state index in [1.54, 1.807) is 12.1 Å². The normalized spacial score (nSPS) is 11.5. The van der Waals surface area contributed by atoms with Gasteiger partial charge in [0.1, 0.15) is 6.54 Å². The smallest absolute Gasteiger partial charge is 0.329 e. The second-order valence-electron chi connectivity index (χ2n) is 3.63. The van der Waals surface area contributed by atoms with E-state index >= 15 is 0 Å². The number of amides is 1. The molecule has 0 saturated carbocycles. The Labute approximate surface area is 130 Å². The van der Waals surface area contributed by atoms with Gasteiger partial charge in [0, 0.05) is 16.3 Å². The molecule has 19 heavy (non-hydrogen) atoms. The number of halogens is 6. The number of hydrogen-bond acceptors (Lipinski definition) is 1. The van der Waals surface area contributed by atoms with Crippen molar-refractivity contribution in [2.24, 2.45) is 0 Å². The highest BCUT2D eigenvalue weighted by molar-refractivity contribution is 9.10. The van der Waals surface area contributed by atoms with Gasteiger partial charge in [-0.2, -0.15) is 13.2 Å². The fraction of sp³-hybridized carbons (Fsp3) is 0.364. The van der Waals surface area contributed by atoms with Crippen LogP contribution in [0.2, 0.25) is 5.02 Å². The highest BCUT2D eigenvalue weighted by Gasteiger charge is 2.33. The molecule has 0 bridgehead atoms. The Morgan fingerprint density at radius 3 is 2.53 bits per heavy atom. The van der Waals surface area contributed by atoms with Crippen molar-refractivity contribution < 1.29 is 18.0 Å². The van der Waals surface area contributed by atoms with Crippen LogP contribution in [0.5, 0.6) is 0 Å². The highest BCUT2D eigenvalue weighted by atomic mass is 79.9. The number of benzene rings is 1. The Bertz CT molecular complexity index is 468. The quantitative estimate of drug-likeness (QED) is 0.653. The molecular weight excluding hydrogens is 414 g/mol. The van der Waals surface area contributed by atoms with Gasteiger partial charge in [-0.05, 0) is 28.1 Å². The van der Waals surface area contributed by atoms with E-state index < -0.39 is 18.6 Å². The summed E-state index contributed by atoms with van der Waals surface area (Å²) in [5, 5.41) is 0.356. The van der Waals surface area contributed by atoms with Crippen LogP contribution < -0.4 is 0 Å². The zero-order chi connectivity index (χ0) is 14.6. The number of hydrogen-bond donors (Lipinski definition) is 0. The fourth-order valence-electron chi connectivity index (χ4n) is 1.41. The van der Waals surface area contributed by atoms with Crippen molar-refractivity contribution in [3.63, 3.8) is 0 Å². The summed E-state index contributed by atoms with van der Waals surface area (Å²) in [6, 6.07) is 4.55. The summed E-state index contributed by atoms with van der Waals surface area (Å²) in [5.41, 5.74) is 0.0428. The molecule has 1 aromatic rings. The SMILES string of the molecule is O=C(c1cccc(Br)c1Cl)N(CCBr)CC(F)(F)F. The fourth-order valence-corrected chi connectivity index (χ4v) is 2.41. The van der Waals surface area contributed by atoms with Gasteiger partial charge in [0.2, 0.25) is 0 Å². The maximum Gasteiger partial charge on any atom is 0.406 e. The summed E-state index contributed by atoms with van der Waals surface area (Å²) in [5.74, 6) is -0.747. The van der Waals surface area contributed by atoms with Crippen molar-refractivity contribution >= 4 is 49.4 Å². The molecule has 1 amide bonds. The van der Waals surface area contributed by atoms with Crippen molar-refractivity contribution in [2.75, 3.05) is 18.4 Å². The molecule has 0 spiro atoms. The van der Waals surface area contributed by atoms with Gasteiger partial charge in [0.25, 0.3) is 5.91 Å². The van der Waals surface area contributed by atoms with E-state index in [9.17, 15) is 18.0 Å². The Balaban J connectivity index is 3.02. The Morgan fingerprint density at radius 2 is 2.00 bits per heavy atom. The molecular formula is C11H9Br2ClF3NO. The second kappa shape index (κ2) is 6.95. The summed E-state index contributed by atoms with van der Waals surface area (Å²) in [6.45, 7) is -1.36. The molecule has 0 N–H and O–H groups in total. The molecule has 0 fully saturated rings. The van der Waals surface area contributed by atoms with Crippen molar-refractivity contribution in [2.45, 2.75) is 6.18 Å². The molecule has 0 aliphatic heterocycles. The molecule has 1 aromatic carbocycles. The molecule has 0 aromatic heterocycles. The van der Waals surface area contributed by atoms with Crippen molar-refractivity contribution in [1.29, 1.82) is 0 Å². The topological polar surface area (TPSA) is 20.3 Å². The van der Waals surface area contributed by atoms with Crippen LogP contribution in [-0.4, -0.2) is 35.4 Å². The molecule has 0 aliphatic rings. The minimum absolute atomic E-state index is 0.0428. The molecule has 0 heterocycles. The third kappa shape index (κ3) is 4.96. The predicted molar refractivity (Wildman–Crippen MR) is 74.9 cm³/mol. The predicted octanol–water partition coefficient (Wildman–Crippen LogP) is 4.50. The molecule has 0 atom stereocenters. The third-order valence-corrected chi connectivity index (χ3v) is 3.84.